The smallest absolute Gasteiger partial charge is 0.407 e. The van der Waals surface area contributed by atoms with Crippen molar-refractivity contribution >= 4 is 23.9 Å². The number of aromatic nitrogens is 2. The summed E-state index contributed by atoms with van der Waals surface area (Å²) in [5.74, 6) is -1.07. The van der Waals surface area contributed by atoms with Gasteiger partial charge in [0.25, 0.3) is 5.91 Å². The number of rotatable bonds is 18. The van der Waals surface area contributed by atoms with Crippen LogP contribution in [-0.2, 0) is 33.8 Å². The Balaban J connectivity index is 1.41. The Morgan fingerprint density at radius 1 is 0.883 bits per heavy atom. The van der Waals surface area contributed by atoms with Gasteiger partial charge in [0, 0.05) is 56.4 Å². The predicted molar refractivity (Wildman–Crippen MR) is 230 cm³/mol. The van der Waals surface area contributed by atoms with Crippen molar-refractivity contribution in [1.82, 2.24) is 40.8 Å². The molecule has 0 radical (unpaired) electrons. The lowest BCUT2D eigenvalue weighted by molar-refractivity contribution is -0.132. The van der Waals surface area contributed by atoms with E-state index in [9.17, 15) is 24.3 Å². The maximum atomic E-state index is 14.5. The molecule has 0 saturated carbocycles. The Labute approximate surface area is 353 Å². The highest BCUT2D eigenvalue weighted by molar-refractivity contribution is 5.88. The number of alkyl carbamates (subject to hydrolysis) is 1. The summed E-state index contributed by atoms with van der Waals surface area (Å²) in [7, 11) is 1.23. The predicted octanol–water partition coefficient (Wildman–Crippen LogP) is 5.50. The monoisotopic (exact) mass is 820 g/mol. The third-order valence-electron chi connectivity index (χ3n) is 10.9. The number of methoxy groups -OCH3 is 1. The number of hydrogen-bond acceptors (Lipinski definition) is 9. The minimum Gasteiger partial charge on any atom is -0.453 e. The van der Waals surface area contributed by atoms with Crippen LogP contribution in [0.2, 0.25) is 0 Å². The second-order valence-corrected chi connectivity index (χ2v) is 16.6. The zero-order valence-corrected chi connectivity index (χ0v) is 35.8. The summed E-state index contributed by atoms with van der Waals surface area (Å²) >= 11 is 0. The van der Waals surface area contributed by atoms with Crippen LogP contribution in [0.5, 0.6) is 0 Å². The SMILES string of the molecule is CCC(C)C(C(=O)NC(Cc1ccccc1)C(O)CN(Cc1ccc(-c2ccccn2)cc1)NC(=O)C(NC(=O)OC)C(C)(C)C)N1CCN(Cc2ccc(C)nc2)C1=O. The van der Waals surface area contributed by atoms with Gasteiger partial charge in [0.05, 0.1) is 24.9 Å². The van der Waals surface area contributed by atoms with Crippen molar-refractivity contribution in [1.29, 1.82) is 0 Å². The highest BCUT2D eigenvalue weighted by atomic mass is 16.5. The Morgan fingerprint density at radius 3 is 2.20 bits per heavy atom. The van der Waals surface area contributed by atoms with Crippen molar-refractivity contribution < 1.29 is 29.0 Å². The van der Waals surface area contributed by atoms with Crippen LogP contribution in [0.3, 0.4) is 0 Å². The van der Waals surface area contributed by atoms with Crippen molar-refractivity contribution in [2.45, 2.75) is 91.7 Å². The maximum Gasteiger partial charge on any atom is 0.407 e. The lowest BCUT2D eigenvalue weighted by atomic mass is 9.86. The van der Waals surface area contributed by atoms with Crippen LogP contribution in [0.15, 0.2) is 97.3 Å². The van der Waals surface area contributed by atoms with Crippen molar-refractivity contribution in [3.63, 3.8) is 0 Å². The molecule has 60 heavy (non-hydrogen) atoms. The van der Waals surface area contributed by atoms with Gasteiger partial charge in [-0.2, -0.15) is 0 Å². The molecule has 5 rings (SSSR count). The van der Waals surface area contributed by atoms with Gasteiger partial charge < -0.3 is 30.3 Å². The molecule has 5 unspecified atom stereocenters. The van der Waals surface area contributed by atoms with Crippen LogP contribution < -0.4 is 16.1 Å². The molecule has 2 aromatic carbocycles. The molecule has 5 amide bonds. The number of benzene rings is 2. The number of urea groups is 1. The minimum atomic E-state index is -1.21. The van der Waals surface area contributed by atoms with E-state index in [4.69, 9.17) is 4.74 Å². The van der Waals surface area contributed by atoms with Gasteiger partial charge in [-0.05, 0) is 59.6 Å². The van der Waals surface area contributed by atoms with E-state index in [1.54, 1.807) is 27.2 Å². The third kappa shape index (κ3) is 12.3. The molecular formula is C46H60N8O6. The number of hydrazine groups is 1. The van der Waals surface area contributed by atoms with Gasteiger partial charge in [-0.1, -0.05) is 108 Å². The number of carbonyl (C=O) groups is 4. The topological polar surface area (TPSA) is 169 Å². The van der Waals surface area contributed by atoms with Gasteiger partial charge >= 0.3 is 12.1 Å². The van der Waals surface area contributed by atoms with Crippen molar-refractivity contribution in [3.8, 4) is 11.3 Å². The summed E-state index contributed by atoms with van der Waals surface area (Å²) < 4.78 is 4.83. The minimum absolute atomic E-state index is 0.102. The third-order valence-corrected chi connectivity index (χ3v) is 10.9. The van der Waals surface area contributed by atoms with E-state index < -0.39 is 41.6 Å². The standard InChI is InChI=1S/C46H60N8O6/c1-8-31(2)40(54-25-24-52(45(54)59)28-35-18-17-32(3)48-27-35)42(56)49-38(26-33-14-10-9-11-15-33)39(55)30-53(51-43(57)41(46(4,5)6)50-44(58)60-7)29-34-19-21-36(22-20-34)37-16-12-13-23-47-37/h9-23,27,31,38-41,55H,8,24-26,28-30H2,1-7H3,(H,49,56)(H,50,58)(H,51,57). The van der Waals surface area contributed by atoms with E-state index in [-0.39, 0.29) is 37.4 Å². The fourth-order valence-electron chi connectivity index (χ4n) is 7.28. The van der Waals surface area contributed by atoms with Crippen molar-refractivity contribution in [3.05, 3.63) is 120 Å². The van der Waals surface area contributed by atoms with Crippen molar-refractivity contribution in [2.24, 2.45) is 11.3 Å². The first-order valence-electron chi connectivity index (χ1n) is 20.6. The molecule has 0 spiro atoms. The average molecular weight is 821 g/mol. The molecule has 14 heteroatoms. The van der Waals surface area contributed by atoms with Gasteiger partial charge in [-0.15, -0.1) is 0 Å². The van der Waals surface area contributed by atoms with Gasteiger partial charge in [0.2, 0.25) is 5.91 Å². The zero-order valence-electron chi connectivity index (χ0n) is 35.8. The lowest BCUT2D eigenvalue weighted by Crippen LogP contribution is -2.60. The molecule has 5 atom stereocenters. The maximum absolute atomic E-state index is 14.5. The molecule has 1 saturated heterocycles. The van der Waals surface area contributed by atoms with E-state index in [1.165, 1.54) is 7.11 Å². The molecule has 1 aliphatic rings. The van der Waals surface area contributed by atoms with E-state index in [2.05, 4.69) is 26.0 Å². The summed E-state index contributed by atoms with van der Waals surface area (Å²) in [6, 6.07) is 24.0. The normalized spacial score (nSPS) is 15.5. The summed E-state index contributed by atoms with van der Waals surface area (Å²) in [6.45, 7) is 12.6. The van der Waals surface area contributed by atoms with E-state index >= 15 is 0 Å². The van der Waals surface area contributed by atoms with Gasteiger partial charge in [-0.25, -0.2) is 14.6 Å². The first kappa shape index (κ1) is 45.2. The Bertz CT molecular complexity index is 2010. The highest BCUT2D eigenvalue weighted by Gasteiger charge is 2.41. The summed E-state index contributed by atoms with van der Waals surface area (Å²) in [5.41, 5.74) is 7.48. The Hall–Kier alpha value is -5.86. The first-order valence-corrected chi connectivity index (χ1v) is 20.6. The van der Waals surface area contributed by atoms with Gasteiger partial charge in [-0.3, -0.25) is 25.0 Å². The fraction of sp³-hybridized carbons (Fsp3) is 0.435. The molecule has 2 aromatic heterocycles. The van der Waals surface area contributed by atoms with E-state index in [0.717, 1.165) is 33.6 Å². The number of hydrogen-bond donors (Lipinski definition) is 4. The number of aliphatic hydroxyl groups excluding tert-OH is 1. The number of amides is 5. The number of nitrogens with one attached hydrogen (secondary N) is 3. The summed E-state index contributed by atoms with van der Waals surface area (Å²) in [6.07, 6.45) is 2.45. The van der Waals surface area contributed by atoms with Crippen LogP contribution >= 0.6 is 0 Å². The number of aliphatic hydroxyl groups is 1. The number of pyridine rings is 2. The largest absolute Gasteiger partial charge is 0.453 e. The zero-order chi connectivity index (χ0) is 43.4. The quantitative estimate of drug-likeness (QED) is 0.0948. The summed E-state index contributed by atoms with van der Waals surface area (Å²) in [4.78, 5) is 67.0. The molecule has 1 fully saturated rings. The van der Waals surface area contributed by atoms with Crippen molar-refractivity contribution in [2.75, 3.05) is 26.7 Å². The fourth-order valence-corrected chi connectivity index (χ4v) is 7.28. The van der Waals surface area contributed by atoms with Gasteiger partial charge in [0.1, 0.15) is 12.1 Å². The van der Waals surface area contributed by atoms with Crippen LogP contribution in [0.25, 0.3) is 11.3 Å². The number of nitrogens with zero attached hydrogens (tertiary/aromatic N) is 5. The highest BCUT2D eigenvalue weighted by Crippen LogP contribution is 2.24. The number of aryl methyl sites for hydroxylation is 1. The number of ether oxygens (including phenoxy) is 1. The van der Waals surface area contributed by atoms with E-state index in [1.807, 2.05) is 126 Å². The molecule has 0 bridgehead atoms. The second-order valence-electron chi connectivity index (χ2n) is 16.6. The molecule has 0 aliphatic carbocycles. The molecule has 320 valence electrons. The molecule has 1 aliphatic heterocycles. The van der Waals surface area contributed by atoms with Gasteiger partial charge in [0.15, 0.2) is 0 Å². The first-order chi connectivity index (χ1) is 28.7. The molecule has 4 aromatic rings. The number of carbonyl (C=O) groups excluding carboxylic acids is 4. The van der Waals surface area contributed by atoms with Crippen LogP contribution in [0.1, 0.15) is 63.4 Å². The summed E-state index contributed by atoms with van der Waals surface area (Å²) in [5, 5.41) is 19.6. The van der Waals surface area contributed by atoms with Crippen LogP contribution in [-0.4, -0.2) is 105 Å². The Morgan fingerprint density at radius 2 is 1.58 bits per heavy atom. The molecule has 3 heterocycles. The van der Waals surface area contributed by atoms with E-state index in [0.29, 0.717) is 26.1 Å². The molecule has 4 N–H and O–H groups in total. The molecule has 14 nitrogen and oxygen atoms in total. The second kappa shape index (κ2) is 20.9. The van der Waals surface area contributed by atoms with Crippen LogP contribution in [0, 0.1) is 18.3 Å². The molecular weight excluding hydrogens is 761 g/mol. The van der Waals surface area contributed by atoms with Crippen LogP contribution in [0.4, 0.5) is 9.59 Å². The Kier molecular flexibility index (Phi) is 15.8. The average Bonchev–Trinajstić information content (AvgIpc) is 3.58. The lowest BCUT2D eigenvalue weighted by Gasteiger charge is -2.36.